The van der Waals surface area contributed by atoms with Crippen LogP contribution in [0.25, 0.3) is 0 Å². The smallest absolute Gasteiger partial charge is 0.414 e. The number of carbonyl (C=O) groups excluding carboxylic acids is 1. The molecule has 0 spiro atoms. The minimum atomic E-state index is -0.663. The maximum atomic E-state index is 11.9. The van der Waals surface area contributed by atoms with Gasteiger partial charge in [-0.2, -0.15) is 0 Å². The first kappa shape index (κ1) is 12.6. The molecule has 1 aromatic rings. The summed E-state index contributed by atoms with van der Waals surface area (Å²) in [7, 11) is 0. The van der Waals surface area contributed by atoms with E-state index >= 15 is 0 Å². The highest BCUT2D eigenvalue weighted by molar-refractivity contribution is 5.90. The number of nitrogens with zero attached hydrogens (tertiary/aromatic N) is 1. The van der Waals surface area contributed by atoms with Gasteiger partial charge in [-0.25, -0.2) is 4.79 Å². The second kappa shape index (κ2) is 5.23. The number of carbonyl (C=O) groups is 1. The number of ether oxygens (including phenoxy) is 1. The van der Waals surface area contributed by atoms with Crippen molar-refractivity contribution in [3.05, 3.63) is 42.0 Å². The fourth-order valence-electron chi connectivity index (χ4n) is 1.88. The first-order valence-corrected chi connectivity index (χ1v) is 5.97. The molecule has 0 aliphatic carbocycles. The molecule has 1 aliphatic heterocycles. The summed E-state index contributed by atoms with van der Waals surface area (Å²) in [4.78, 5) is 13.5. The van der Waals surface area contributed by atoms with Crippen molar-refractivity contribution in [2.45, 2.75) is 19.4 Å². The van der Waals surface area contributed by atoms with Crippen LogP contribution in [0.4, 0.5) is 10.5 Å². The summed E-state index contributed by atoms with van der Waals surface area (Å²) in [6.07, 6.45) is -0.201. The van der Waals surface area contributed by atoms with Crippen LogP contribution in [-0.4, -0.2) is 30.5 Å². The van der Waals surface area contributed by atoms with E-state index < -0.39 is 6.10 Å². The Kier molecular flexibility index (Phi) is 3.67. The van der Waals surface area contributed by atoms with Crippen LogP contribution >= 0.6 is 0 Å². The Morgan fingerprint density at radius 3 is 3.00 bits per heavy atom. The number of aliphatic hydroxyl groups excluding tert-OH is 1. The lowest BCUT2D eigenvalue weighted by Gasteiger charge is -2.18. The molecule has 0 aromatic heterocycles. The molecule has 0 radical (unpaired) electrons. The Balaban J connectivity index is 1.98. The second-order valence-corrected chi connectivity index (χ2v) is 4.42. The van der Waals surface area contributed by atoms with Gasteiger partial charge >= 0.3 is 6.09 Å². The van der Waals surface area contributed by atoms with Gasteiger partial charge in [0, 0.05) is 6.54 Å². The lowest BCUT2D eigenvalue weighted by molar-refractivity contribution is 0.150. The van der Waals surface area contributed by atoms with E-state index in [1.54, 1.807) is 11.8 Å². The molecule has 0 fully saturated rings. The quantitative estimate of drug-likeness (QED) is 0.832. The molecule has 1 unspecified atom stereocenters. The Labute approximate surface area is 106 Å². The molecular formula is C14H17NO3. The number of amides is 1. The van der Waals surface area contributed by atoms with Crippen LogP contribution in [0.2, 0.25) is 0 Å². The van der Waals surface area contributed by atoms with Crippen LogP contribution in [0.3, 0.4) is 0 Å². The van der Waals surface area contributed by atoms with Crippen molar-refractivity contribution in [2.24, 2.45) is 0 Å². The molecule has 1 amide bonds. The van der Waals surface area contributed by atoms with Crippen LogP contribution < -0.4 is 4.90 Å². The van der Waals surface area contributed by atoms with Gasteiger partial charge in [0.05, 0.1) is 11.8 Å². The number of rotatable bonds is 3. The van der Waals surface area contributed by atoms with E-state index in [0.29, 0.717) is 12.1 Å². The summed E-state index contributed by atoms with van der Waals surface area (Å²) < 4.78 is 5.13. The molecule has 96 valence electrons. The Bertz CT molecular complexity index is 468. The van der Waals surface area contributed by atoms with Gasteiger partial charge in [-0.1, -0.05) is 24.8 Å². The summed E-state index contributed by atoms with van der Waals surface area (Å²) >= 11 is 0. The molecule has 0 bridgehead atoms. The van der Waals surface area contributed by atoms with E-state index in [9.17, 15) is 9.90 Å². The fraction of sp³-hybridized carbons (Fsp3) is 0.357. The summed E-state index contributed by atoms with van der Waals surface area (Å²) in [6.45, 7) is 5.94. The summed E-state index contributed by atoms with van der Waals surface area (Å²) in [5, 5.41) is 9.25. The molecule has 4 heteroatoms. The van der Waals surface area contributed by atoms with Crippen LogP contribution in [0.15, 0.2) is 36.4 Å². The zero-order valence-corrected chi connectivity index (χ0v) is 10.4. The van der Waals surface area contributed by atoms with Gasteiger partial charge < -0.3 is 9.84 Å². The zero-order chi connectivity index (χ0) is 13.1. The molecule has 18 heavy (non-hydrogen) atoms. The SMILES string of the molecule is C=C(COC(=O)N1CCc2ccccc21)C(C)O. The molecule has 1 atom stereocenters. The number of anilines is 1. The minimum absolute atomic E-state index is 0.0508. The number of benzene rings is 1. The molecule has 1 aliphatic rings. The monoisotopic (exact) mass is 247 g/mol. The maximum absolute atomic E-state index is 11.9. The van der Waals surface area contributed by atoms with E-state index in [1.165, 1.54) is 0 Å². The van der Waals surface area contributed by atoms with Crippen LogP contribution in [0, 0.1) is 0 Å². The molecule has 2 rings (SSSR count). The Hall–Kier alpha value is -1.81. The molecule has 0 saturated carbocycles. The summed E-state index contributed by atoms with van der Waals surface area (Å²) in [5.74, 6) is 0. The standard InChI is InChI=1S/C14H17NO3/c1-10(11(2)16)9-18-14(17)15-8-7-12-5-3-4-6-13(12)15/h3-6,11,16H,1,7-9H2,2H3. The normalized spacial score (nSPS) is 15.1. The van der Waals surface area contributed by atoms with Crippen LogP contribution in [0.5, 0.6) is 0 Å². The van der Waals surface area contributed by atoms with E-state index in [0.717, 1.165) is 17.7 Å². The molecule has 0 saturated heterocycles. The van der Waals surface area contributed by atoms with Gasteiger partial charge in [0.1, 0.15) is 6.61 Å². The highest BCUT2D eigenvalue weighted by Gasteiger charge is 2.25. The van der Waals surface area contributed by atoms with Crippen molar-refractivity contribution in [1.29, 1.82) is 0 Å². The van der Waals surface area contributed by atoms with E-state index in [2.05, 4.69) is 6.58 Å². The van der Waals surface area contributed by atoms with Crippen LogP contribution in [0.1, 0.15) is 12.5 Å². The van der Waals surface area contributed by atoms with Crippen molar-refractivity contribution in [3.63, 3.8) is 0 Å². The average Bonchev–Trinajstić information content (AvgIpc) is 2.79. The lowest BCUT2D eigenvalue weighted by Crippen LogP contribution is -2.30. The van der Waals surface area contributed by atoms with Gasteiger partial charge in [0.25, 0.3) is 0 Å². The number of hydrogen-bond donors (Lipinski definition) is 1. The highest BCUT2D eigenvalue weighted by atomic mass is 16.6. The third kappa shape index (κ3) is 2.54. The maximum Gasteiger partial charge on any atom is 0.414 e. The number of hydrogen-bond acceptors (Lipinski definition) is 3. The van der Waals surface area contributed by atoms with E-state index in [4.69, 9.17) is 4.74 Å². The highest BCUT2D eigenvalue weighted by Crippen LogP contribution is 2.27. The van der Waals surface area contributed by atoms with Gasteiger partial charge in [-0.3, -0.25) is 4.90 Å². The van der Waals surface area contributed by atoms with Gasteiger partial charge in [0.2, 0.25) is 0 Å². The molecule has 1 N–H and O–H groups in total. The van der Waals surface area contributed by atoms with Crippen molar-refractivity contribution < 1.29 is 14.6 Å². The van der Waals surface area contributed by atoms with E-state index in [-0.39, 0.29) is 12.7 Å². The molecule has 4 nitrogen and oxygen atoms in total. The topological polar surface area (TPSA) is 49.8 Å². The first-order valence-electron chi connectivity index (χ1n) is 5.97. The number of fused-ring (bicyclic) bond motifs is 1. The predicted octanol–water partition coefficient (Wildman–Crippen LogP) is 2.12. The number of aliphatic hydroxyl groups is 1. The largest absolute Gasteiger partial charge is 0.445 e. The fourth-order valence-corrected chi connectivity index (χ4v) is 1.88. The lowest BCUT2D eigenvalue weighted by atomic mass is 10.2. The van der Waals surface area contributed by atoms with Gasteiger partial charge in [-0.15, -0.1) is 0 Å². The zero-order valence-electron chi connectivity index (χ0n) is 10.4. The van der Waals surface area contributed by atoms with Gasteiger partial charge in [-0.05, 0) is 30.5 Å². The second-order valence-electron chi connectivity index (χ2n) is 4.42. The Morgan fingerprint density at radius 1 is 1.56 bits per heavy atom. The van der Waals surface area contributed by atoms with Crippen LogP contribution in [-0.2, 0) is 11.2 Å². The molecule has 1 aromatic carbocycles. The van der Waals surface area contributed by atoms with Crippen molar-refractivity contribution in [2.75, 3.05) is 18.1 Å². The van der Waals surface area contributed by atoms with Gasteiger partial charge in [0.15, 0.2) is 0 Å². The molecular weight excluding hydrogens is 230 g/mol. The first-order chi connectivity index (χ1) is 8.59. The predicted molar refractivity (Wildman–Crippen MR) is 69.7 cm³/mol. The minimum Gasteiger partial charge on any atom is -0.445 e. The third-order valence-electron chi connectivity index (χ3n) is 3.08. The van der Waals surface area contributed by atoms with Crippen molar-refractivity contribution >= 4 is 11.8 Å². The third-order valence-corrected chi connectivity index (χ3v) is 3.08. The summed E-state index contributed by atoms with van der Waals surface area (Å²) in [6, 6.07) is 7.78. The summed E-state index contributed by atoms with van der Waals surface area (Å²) in [5.41, 5.74) is 2.56. The van der Waals surface area contributed by atoms with E-state index in [1.807, 2.05) is 24.3 Å². The molecule has 1 heterocycles. The number of para-hydroxylation sites is 1. The van der Waals surface area contributed by atoms with Crippen molar-refractivity contribution in [3.8, 4) is 0 Å². The van der Waals surface area contributed by atoms with Crippen molar-refractivity contribution in [1.82, 2.24) is 0 Å². The Morgan fingerprint density at radius 2 is 2.28 bits per heavy atom. The average molecular weight is 247 g/mol.